The molecule has 1 aromatic rings. The molecule has 0 aromatic carbocycles. The fourth-order valence-corrected chi connectivity index (χ4v) is 2.18. The Bertz CT molecular complexity index is 368. The summed E-state index contributed by atoms with van der Waals surface area (Å²) in [6.07, 6.45) is 6.57. The van der Waals surface area contributed by atoms with Gasteiger partial charge in [0.1, 0.15) is 17.3 Å². The number of halogens is 2. The molecule has 16 heavy (non-hydrogen) atoms. The van der Waals surface area contributed by atoms with Crippen LogP contribution in [-0.4, -0.2) is 16.0 Å². The van der Waals surface area contributed by atoms with Crippen LogP contribution in [0.4, 0.5) is 5.82 Å². The molecule has 0 bridgehead atoms. The van der Waals surface area contributed by atoms with Crippen LogP contribution < -0.4 is 5.32 Å². The molecule has 1 saturated carbocycles. The lowest BCUT2D eigenvalue weighted by Crippen LogP contribution is -2.20. The SMILES string of the molecule is CCC(CC1CC1)Nc1ncnc(Cl)c1Br. The molecule has 88 valence electrons. The van der Waals surface area contributed by atoms with E-state index >= 15 is 0 Å². The highest BCUT2D eigenvalue weighted by Crippen LogP contribution is 2.35. The summed E-state index contributed by atoms with van der Waals surface area (Å²) in [4.78, 5) is 8.11. The molecule has 1 aliphatic rings. The zero-order chi connectivity index (χ0) is 11.5. The number of nitrogens with one attached hydrogen (secondary N) is 1. The summed E-state index contributed by atoms with van der Waals surface area (Å²) in [6, 6.07) is 0.481. The summed E-state index contributed by atoms with van der Waals surface area (Å²) in [5.41, 5.74) is 0. The Morgan fingerprint density at radius 2 is 2.31 bits per heavy atom. The van der Waals surface area contributed by atoms with Gasteiger partial charge < -0.3 is 5.32 Å². The van der Waals surface area contributed by atoms with Gasteiger partial charge in [0, 0.05) is 6.04 Å². The van der Waals surface area contributed by atoms with Crippen LogP contribution in [0.3, 0.4) is 0 Å². The molecule has 5 heteroatoms. The van der Waals surface area contributed by atoms with Crippen molar-refractivity contribution in [1.82, 2.24) is 9.97 Å². The summed E-state index contributed by atoms with van der Waals surface area (Å²) in [7, 11) is 0. The lowest BCUT2D eigenvalue weighted by molar-refractivity contribution is 0.584. The molecular weight excluding hydrogens is 289 g/mol. The maximum absolute atomic E-state index is 5.92. The Morgan fingerprint density at radius 3 is 2.94 bits per heavy atom. The van der Waals surface area contributed by atoms with Crippen molar-refractivity contribution in [1.29, 1.82) is 0 Å². The monoisotopic (exact) mass is 303 g/mol. The summed E-state index contributed by atoms with van der Waals surface area (Å²) in [5.74, 6) is 1.71. The minimum Gasteiger partial charge on any atom is -0.366 e. The lowest BCUT2D eigenvalue weighted by Gasteiger charge is -2.18. The molecule has 0 amide bonds. The van der Waals surface area contributed by atoms with Gasteiger partial charge >= 0.3 is 0 Å². The number of anilines is 1. The number of nitrogens with zero attached hydrogens (tertiary/aromatic N) is 2. The van der Waals surface area contributed by atoms with E-state index in [1.807, 2.05) is 0 Å². The van der Waals surface area contributed by atoms with E-state index in [0.29, 0.717) is 11.2 Å². The highest BCUT2D eigenvalue weighted by molar-refractivity contribution is 9.10. The first kappa shape index (κ1) is 12.1. The van der Waals surface area contributed by atoms with Gasteiger partial charge in [-0.05, 0) is 34.7 Å². The van der Waals surface area contributed by atoms with Crippen LogP contribution in [0, 0.1) is 5.92 Å². The van der Waals surface area contributed by atoms with Gasteiger partial charge in [-0.2, -0.15) is 0 Å². The van der Waals surface area contributed by atoms with Gasteiger partial charge in [0.25, 0.3) is 0 Å². The van der Waals surface area contributed by atoms with Gasteiger partial charge in [-0.25, -0.2) is 9.97 Å². The minimum atomic E-state index is 0.457. The van der Waals surface area contributed by atoms with Gasteiger partial charge in [-0.1, -0.05) is 31.4 Å². The summed E-state index contributed by atoms with van der Waals surface area (Å²) in [6.45, 7) is 2.19. The molecule has 1 fully saturated rings. The van der Waals surface area contributed by atoms with Crippen LogP contribution in [-0.2, 0) is 0 Å². The van der Waals surface area contributed by atoms with Crippen molar-refractivity contribution in [2.45, 2.75) is 38.6 Å². The summed E-state index contributed by atoms with van der Waals surface area (Å²) >= 11 is 9.32. The maximum atomic E-state index is 5.92. The van der Waals surface area contributed by atoms with Crippen molar-refractivity contribution in [2.24, 2.45) is 5.92 Å². The van der Waals surface area contributed by atoms with Gasteiger partial charge in [0.2, 0.25) is 0 Å². The Hall–Kier alpha value is -0.350. The normalized spacial score (nSPS) is 17.2. The standard InChI is InChI=1S/C11H15BrClN3/c1-2-8(5-7-3-4-7)16-11-9(12)10(13)14-6-15-11/h6-8H,2-5H2,1H3,(H,14,15,16). The second kappa shape index (κ2) is 5.32. The number of hydrogen-bond acceptors (Lipinski definition) is 3. The number of hydrogen-bond donors (Lipinski definition) is 1. The van der Waals surface area contributed by atoms with E-state index < -0.39 is 0 Å². The first-order chi connectivity index (χ1) is 7.70. The van der Waals surface area contributed by atoms with E-state index in [0.717, 1.165) is 22.6 Å². The number of rotatable bonds is 5. The Morgan fingerprint density at radius 1 is 1.56 bits per heavy atom. The van der Waals surface area contributed by atoms with Crippen LogP contribution in [0.2, 0.25) is 5.15 Å². The second-order valence-corrected chi connectivity index (χ2v) is 5.41. The smallest absolute Gasteiger partial charge is 0.148 e. The third-order valence-corrected chi connectivity index (χ3v) is 4.16. The molecular formula is C11H15BrClN3. The Kier molecular flexibility index (Phi) is 4.03. The third-order valence-electron chi connectivity index (χ3n) is 2.90. The van der Waals surface area contributed by atoms with Crippen molar-refractivity contribution < 1.29 is 0 Å². The maximum Gasteiger partial charge on any atom is 0.148 e. The molecule has 3 nitrogen and oxygen atoms in total. The largest absolute Gasteiger partial charge is 0.366 e. The fourth-order valence-electron chi connectivity index (χ4n) is 1.73. The molecule has 0 saturated heterocycles. The molecule has 1 N–H and O–H groups in total. The van der Waals surface area contributed by atoms with Crippen LogP contribution in [0.25, 0.3) is 0 Å². The van der Waals surface area contributed by atoms with Crippen LogP contribution >= 0.6 is 27.5 Å². The lowest BCUT2D eigenvalue weighted by atomic mass is 10.1. The van der Waals surface area contributed by atoms with E-state index in [4.69, 9.17) is 11.6 Å². The van der Waals surface area contributed by atoms with Crippen LogP contribution in [0.15, 0.2) is 10.8 Å². The van der Waals surface area contributed by atoms with Gasteiger partial charge in [0.05, 0.1) is 4.47 Å². The first-order valence-corrected chi connectivity index (χ1v) is 6.80. The predicted molar refractivity (Wildman–Crippen MR) is 69.8 cm³/mol. The van der Waals surface area contributed by atoms with Gasteiger partial charge in [-0.3, -0.25) is 0 Å². The molecule has 1 aliphatic carbocycles. The quantitative estimate of drug-likeness (QED) is 0.839. The Labute approximate surface area is 109 Å². The predicted octanol–water partition coefficient (Wildman–Crippen LogP) is 3.88. The number of aromatic nitrogens is 2. The molecule has 2 rings (SSSR count). The van der Waals surface area contributed by atoms with Crippen LogP contribution in [0.5, 0.6) is 0 Å². The van der Waals surface area contributed by atoms with Gasteiger partial charge in [0.15, 0.2) is 0 Å². The minimum absolute atomic E-state index is 0.457. The van der Waals surface area contributed by atoms with E-state index in [-0.39, 0.29) is 0 Å². The molecule has 1 aromatic heterocycles. The van der Waals surface area contributed by atoms with Crippen molar-refractivity contribution >= 4 is 33.3 Å². The fraction of sp³-hybridized carbons (Fsp3) is 0.636. The molecule has 0 spiro atoms. The zero-order valence-electron chi connectivity index (χ0n) is 9.21. The highest BCUT2D eigenvalue weighted by atomic mass is 79.9. The van der Waals surface area contributed by atoms with E-state index in [2.05, 4.69) is 38.1 Å². The third kappa shape index (κ3) is 3.08. The average Bonchev–Trinajstić information content (AvgIpc) is 3.07. The molecule has 1 heterocycles. The second-order valence-electron chi connectivity index (χ2n) is 4.26. The van der Waals surface area contributed by atoms with Gasteiger partial charge in [-0.15, -0.1) is 0 Å². The zero-order valence-corrected chi connectivity index (χ0v) is 11.6. The molecule has 1 unspecified atom stereocenters. The molecule has 1 atom stereocenters. The van der Waals surface area contributed by atoms with Crippen molar-refractivity contribution in [3.05, 3.63) is 16.0 Å². The van der Waals surface area contributed by atoms with Crippen molar-refractivity contribution in [3.63, 3.8) is 0 Å². The van der Waals surface area contributed by atoms with Crippen LogP contribution in [0.1, 0.15) is 32.6 Å². The van der Waals surface area contributed by atoms with Crippen molar-refractivity contribution in [2.75, 3.05) is 5.32 Å². The van der Waals surface area contributed by atoms with E-state index in [9.17, 15) is 0 Å². The van der Waals surface area contributed by atoms with E-state index in [1.165, 1.54) is 25.6 Å². The first-order valence-electron chi connectivity index (χ1n) is 5.63. The van der Waals surface area contributed by atoms with E-state index in [1.54, 1.807) is 0 Å². The highest BCUT2D eigenvalue weighted by Gasteiger charge is 2.25. The Balaban J connectivity index is 2.02. The molecule has 0 aliphatic heterocycles. The summed E-state index contributed by atoms with van der Waals surface area (Å²) in [5, 5.41) is 3.88. The summed E-state index contributed by atoms with van der Waals surface area (Å²) < 4.78 is 0.755. The average molecular weight is 305 g/mol. The van der Waals surface area contributed by atoms with Crippen molar-refractivity contribution in [3.8, 4) is 0 Å². The topological polar surface area (TPSA) is 37.8 Å². The molecule has 0 radical (unpaired) electrons.